The summed E-state index contributed by atoms with van der Waals surface area (Å²) in [7, 11) is 0. The van der Waals surface area contributed by atoms with Crippen molar-refractivity contribution in [2.24, 2.45) is 29.4 Å². The highest BCUT2D eigenvalue weighted by atomic mass is 16.4. The summed E-state index contributed by atoms with van der Waals surface area (Å²) in [6, 6.07) is -6.82. The number of aliphatic hydroxyl groups is 1. The number of aliphatic hydroxyl groups excluding tert-OH is 1. The van der Waals surface area contributed by atoms with Gasteiger partial charge in [-0.25, -0.2) is 4.79 Å². The average Bonchev–Trinajstić information content (AvgIpc) is 3.08. The highest BCUT2D eigenvalue weighted by Gasteiger charge is 2.31. The number of hydrogen-bond donors (Lipinski definition) is 11. The number of nitrogens with one attached hydrogen (secondary N) is 8. The molecule has 55 heavy (non-hydrogen) atoms. The second kappa shape index (κ2) is 25.3. The Hall–Kier alpha value is -4.85. The van der Waals surface area contributed by atoms with Crippen molar-refractivity contribution in [3.05, 3.63) is 0 Å². The first-order chi connectivity index (χ1) is 25.5. The molecule has 0 aliphatic carbocycles. The van der Waals surface area contributed by atoms with Crippen molar-refractivity contribution in [3.63, 3.8) is 0 Å². The van der Waals surface area contributed by atoms with E-state index in [4.69, 9.17) is 5.73 Å². The molecule has 0 heterocycles. The summed E-state index contributed by atoms with van der Waals surface area (Å²) >= 11 is 0. The molecular weight excluding hydrogens is 722 g/mol. The van der Waals surface area contributed by atoms with E-state index in [-0.39, 0.29) is 42.9 Å². The van der Waals surface area contributed by atoms with E-state index in [1.54, 1.807) is 41.5 Å². The molecule has 0 saturated carbocycles. The van der Waals surface area contributed by atoms with Gasteiger partial charge in [0.25, 0.3) is 0 Å². The van der Waals surface area contributed by atoms with Crippen molar-refractivity contribution >= 4 is 53.2 Å². The van der Waals surface area contributed by atoms with Crippen molar-refractivity contribution < 1.29 is 53.4 Å². The standard InChI is InChI=1S/C35H63N9O11/c1-17(2)10-22(43-34(53)29(36)20(7)8)31(50)39-14-27(47)37-13-26(46)38-15-28(48)41-25(16-45)33(52)40-21(9)30(49)42-23(11-18(3)4)32(51)44-24(35(54)55)12-19(5)6/h17-25,29,45H,10-16,36H2,1-9H3,(H,37,47)(H,38,46)(H,39,50)(H,40,52)(H,41,48)(H,42,49)(H,43,53)(H,44,51)(H,54,55). The summed E-state index contributed by atoms with van der Waals surface area (Å²) in [5.41, 5.74) is 5.87. The van der Waals surface area contributed by atoms with Gasteiger partial charge in [0.2, 0.25) is 47.3 Å². The van der Waals surface area contributed by atoms with Crippen LogP contribution < -0.4 is 48.3 Å². The second-order valence-electron chi connectivity index (χ2n) is 15.0. The number of nitrogens with two attached hydrogens (primary N) is 1. The number of carbonyl (C=O) groups excluding carboxylic acids is 8. The highest BCUT2D eigenvalue weighted by Crippen LogP contribution is 2.10. The van der Waals surface area contributed by atoms with Crippen molar-refractivity contribution in [1.29, 1.82) is 0 Å². The van der Waals surface area contributed by atoms with Crippen LogP contribution in [0.5, 0.6) is 0 Å². The number of amides is 8. The molecule has 0 bridgehead atoms. The maximum Gasteiger partial charge on any atom is 0.326 e. The number of carbonyl (C=O) groups is 9. The van der Waals surface area contributed by atoms with Crippen molar-refractivity contribution in [3.8, 4) is 0 Å². The van der Waals surface area contributed by atoms with Crippen LogP contribution in [0.15, 0.2) is 0 Å². The molecule has 0 aromatic heterocycles. The largest absolute Gasteiger partial charge is 0.480 e. The Balaban J connectivity index is 4.98. The van der Waals surface area contributed by atoms with Crippen LogP contribution in [0.1, 0.15) is 81.6 Å². The molecule has 0 aliphatic rings. The zero-order valence-corrected chi connectivity index (χ0v) is 33.4. The zero-order chi connectivity index (χ0) is 42.6. The van der Waals surface area contributed by atoms with Crippen LogP contribution >= 0.6 is 0 Å². The second-order valence-corrected chi connectivity index (χ2v) is 15.0. The SMILES string of the molecule is CC(C)CC(NC(=O)C(CC(C)C)NC(=O)C(C)NC(=O)C(CO)NC(=O)CNC(=O)CNC(=O)CNC(=O)C(CC(C)C)NC(=O)C(N)C(C)C)C(=O)O. The van der Waals surface area contributed by atoms with Crippen LogP contribution in [0.3, 0.4) is 0 Å². The summed E-state index contributed by atoms with van der Waals surface area (Å²) in [5.74, 6) is -7.43. The van der Waals surface area contributed by atoms with Crippen LogP contribution in [0, 0.1) is 23.7 Å². The topological polar surface area (TPSA) is 316 Å². The number of rotatable bonds is 25. The molecule has 8 amide bonds. The van der Waals surface area contributed by atoms with Gasteiger partial charge in [0.15, 0.2) is 0 Å². The van der Waals surface area contributed by atoms with E-state index in [1.165, 1.54) is 6.92 Å². The molecule has 6 unspecified atom stereocenters. The third-order valence-corrected chi connectivity index (χ3v) is 7.92. The van der Waals surface area contributed by atoms with Gasteiger partial charge in [-0.2, -0.15) is 0 Å². The molecule has 0 aromatic carbocycles. The van der Waals surface area contributed by atoms with Gasteiger partial charge in [-0.15, -0.1) is 0 Å². The van der Waals surface area contributed by atoms with E-state index in [2.05, 4.69) is 42.5 Å². The first kappa shape index (κ1) is 50.1. The molecule has 0 fully saturated rings. The van der Waals surface area contributed by atoms with Crippen LogP contribution in [0.4, 0.5) is 0 Å². The maximum atomic E-state index is 12.9. The molecule has 12 N–H and O–H groups in total. The van der Waals surface area contributed by atoms with Crippen LogP contribution in [0.2, 0.25) is 0 Å². The lowest BCUT2D eigenvalue weighted by Gasteiger charge is -2.25. The Morgan fingerprint density at radius 1 is 0.473 bits per heavy atom. The number of carboxylic acids is 1. The van der Waals surface area contributed by atoms with Gasteiger partial charge < -0.3 is 58.5 Å². The number of hydrogen-bond acceptors (Lipinski definition) is 11. The summed E-state index contributed by atoms with van der Waals surface area (Å²) < 4.78 is 0. The first-order valence-corrected chi connectivity index (χ1v) is 18.4. The predicted octanol–water partition coefficient (Wildman–Crippen LogP) is -3.02. The normalized spacial score (nSPS) is 14.5. The van der Waals surface area contributed by atoms with E-state index >= 15 is 0 Å². The summed E-state index contributed by atoms with van der Waals surface area (Å²) in [4.78, 5) is 112. The van der Waals surface area contributed by atoms with Crippen molar-refractivity contribution in [2.45, 2.75) is 118 Å². The van der Waals surface area contributed by atoms with Gasteiger partial charge in [0, 0.05) is 0 Å². The quantitative estimate of drug-likeness (QED) is 0.0441. The molecule has 0 spiro atoms. The molecule has 20 nitrogen and oxygen atoms in total. The summed E-state index contributed by atoms with van der Waals surface area (Å²) in [6.07, 6.45) is 0.628. The lowest BCUT2D eigenvalue weighted by atomic mass is 10.0. The number of carboxylic acid groups (broad SMARTS) is 1. The Morgan fingerprint density at radius 2 is 0.873 bits per heavy atom. The zero-order valence-electron chi connectivity index (χ0n) is 33.4. The minimum atomic E-state index is -1.53. The number of aliphatic carboxylic acids is 1. The van der Waals surface area contributed by atoms with E-state index < -0.39 is 116 Å². The molecule has 0 rings (SSSR count). The lowest BCUT2D eigenvalue weighted by molar-refractivity contribution is -0.143. The molecule has 20 heteroatoms. The maximum absolute atomic E-state index is 12.9. The Labute approximate surface area is 322 Å². The fourth-order valence-corrected chi connectivity index (χ4v) is 4.83. The van der Waals surface area contributed by atoms with Gasteiger partial charge in [0.1, 0.15) is 30.2 Å². The molecule has 0 radical (unpaired) electrons. The molecule has 0 saturated heterocycles. The predicted molar refractivity (Wildman–Crippen MR) is 200 cm³/mol. The van der Waals surface area contributed by atoms with Crippen molar-refractivity contribution in [1.82, 2.24) is 42.5 Å². The first-order valence-electron chi connectivity index (χ1n) is 18.4. The van der Waals surface area contributed by atoms with E-state index in [0.29, 0.717) is 0 Å². The molecule has 6 atom stereocenters. The fourth-order valence-electron chi connectivity index (χ4n) is 4.83. The fraction of sp³-hybridized carbons (Fsp3) is 0.743. The van der Waals surface area contributed by atoms with E-state index in [1.807, 2.05) is 13.8 Å². The highest BCUT2D eigenvalue weighted by molar-refractivity contribution is 5.96. The van der Waals surface area contributed by atoms with E-state index in [9.17, 15) is 53.4 Å². The van der Waals surface area contributed by atoms with Crippen LogP contribution in [-0.4, -0.2) is 126 Å². The Kier molecular flexibility index (Phi) is 23.0. The van der Waals surface area contributed by atoms with Gasteiger partial charge >= 0.3 is 5.97 Å². The minimum Gasteiger partial charge on any atom is -0.480 e. The van der Waals surface area contributed by atoms with Gasteiger partial charge in [-0.05, 0) is 49.9 Å². The summed E-state index contributed by atoms with van der Waals surface area (Å²) in [5, 5.41) is 38.2. The molecular formula is C35H63N9O11. The minimum absolute atomic E-state index is 0.0292. The van der Waals surface area contributed by atoms with Gasteiger partial charge in [-0.3, -0.25) is 38.4 Å². The Bertz CT molecular complexity index is 1340. The van der Waals surface area contributed by atoms with Gasteiger partial charge in [0.05, 0.1) is 32.3 Å². The molecule has 0 aliphatic heterocycles. The third kappa shape index (κ3) is 21.0. The lowest BCUT2D eigenvalue weighted by Crippen LogP contribution is -2.58. The monoisotopic (exact) mass is 785 g/mol. The van der Waals surface area contributed by atoms with Gasteiger partial charge in [-0.1, -0.05) is 55.4 Å². The van der Waals surface area contributed by atoms with Crippen molar-refractivity contribution in [2.75, 3.05) is 26.2 Å². The summed E-state index contributed by atoms with van der Waals surface area (Å²) in [6.45, 7) is 13.1. The average molecular weight is 786 g/mol. The van der Waals surface area contributed by atoms with E-state index in [0.717, 1.165) is 0 Å². The Morgan fingerprint density at radius 3 is 1.33 bits per heavy atom. The molecule has 314 valence electrons. The van der Waals surface area contributed by atoms with Crippen LogP contribution in [-0.2, 0) is 43.2 Å². The van der Waals surface area contributed by atoms with Crippen LogP contribution in [0.25, 0.3) is 0 Å². The smallest absolute Gasteiger partial charge is 0.326 e. The molecule has 0 aromatic rings. The third-order valence-electron chi connectivity index (χ3n) is 7.92.